The summed E-state index contributed by atoms with van der Waals surface area (Å²) in [5.41, 5.74) is 3.44. The first-order valence-corrected chi connectivity index (χ1v) is 8.10. The number of carbonyl (C=O) groups excluding carboxylic acids is 1. The summed E-state index contributed by atoms with van der Waals surface area (Å²) in [5.74, 6) is -0.510. The first-order valence-electron chi connectivity index (χ1n) is 7.31. The molecule has 0 aliphatic rings. The Labute approximate surface area is 150 Å². The number of rotatable bonds is 3. The molecule has 1 aromatic heterocycles. The van der Waals surface area contributed by atoms with Crippen molar-refractivity contribution < 1.29 is 14.3 Å². The highest BCUT2D eigenvalue weighted by Gasteiger charge is 2.11. The average Bonchev–Trinajstić information content (AvgIpc) is 2.57. The fraction of sp³-hybridized carbons (Fsp3) is 0.0556. The summed E-state index contributed by atoms with van der Waals surface area (Å²) < 4.78 is 6.04. The average molecular weight is 401 g/mol. The van der Waals surface area contributed by atoms with Crippen LogP contribution in [0.3, 0.4) is 0 Å². The zero-order chi connectivity index (χ0) is 18.0. The van der Waals surface area contributed by atoms with E-state index in [-0.39, 0.29) is 16.9 Å². The van der Waals surface area contributed by atoms with E-state index in [2.05, 4.69) is 26.5 Å². The van der Waals surface area contributed by atoms with Gasteiger partial charge in [0.15, 0.2) is 5.58 Å². The Morgan fingerprint density at radius 1 is 1.24 bits per heavy atom. The highest BCUT2D eigenvalue weighted by Crippen LogP contribution is 2.26. The van der Waals surface area contributed by atoms with Crippen molar-refractivity contribution in [1.29, 1.82) is 0 Å². The molecule has 0 unspecified atom stereocenters. The molecule has 25 heavy (non-hydrogen) atoms. The molecule has 2 N–H and O–H groups in total. The van der Waals surface area contributed by atoms with Gasteiger partial charge >= 0.3 is 5.63 Å². The molecule has 126 valence electrons. The van der Waals surface area contributed by atoms with E-state index < -0.39 is 11.5 Å². The molecule has 3 aromatic rings. The van der Waals surface area contributed by atoms with Crippen molar-refractivity contribution in [1.82, 2.24) is 5.43 Å². The molecule has 6 nitrogen and oxygen atoms in total. The summed E-state index contributed by atoms with van der Waals surface area (Å²) >= 11 is 3.30. The van der Waals surface area contributed by atoms with Crippen molar-refractivity contribution in [3.63, 3.8) is 0 Å². The molecule has 0 saturated carbocycles. The van der Waals surface area contributed by atoms with Crippen molar-refractivity contribution in [2.75, 3.05) is 0 Å². The number of halogens is 1. The smallest absolute Gasteiger partial charge is 0.336 e. The highest BCUT2D eigenvalue weighted by atomic mass is 79.9. The van der Waals surface area contributed by atoms with E-state index in [1.54, 1.807) is 37.3 Å². The summed E-state index contributed by atoms with van der Waals surface area (Å²) in [7, 11) is 0. The molecule has 3 rings (SSSR count). The van der Waals surface area contributed by atoms with Crippen LogP contribution in [-0.4, -0.2) is 17.2 Å². The SMILES string of the molecule is Cc1cc(=O)oc2c(/C=N\NC(=O)c3ccc(Br)cc3)c(O)ccc12. The molecule has 0 aliphatic heterocycles. The molecule has 0 atom stereocenters. The van der Waals surface area contributed by atoms with Crippen LogP contribution >= 0.6 is 15.9 Å². The number of fused-ring (bicyclic) bond motifs is 1. The maximum Gasteiger partial charge on any atom is 0.336 e. The zero-order valence-electron chi connectivity index (χ0n) is 13.1. The lowest BCUT2D eigenvalue weighted by Gasteiger charge is -2.05. The van der Waals surface area contributed by atoms with E-state index in [9.17, 15) is 14.7 Å². The highest BCUT2D eigenvalue weighted by molar-refractivity contribution is 9.10. The number of amides is 1. The maximum absolute atomic E-state index is 12.0. The third kappa shape index (κ3) is 3.61. The monoisotopic (exact) mass is 400 g/mol. The second-order valence-corrected chi connectivity index (χ2v) is 6.25. The second kappa shape index (κ2) is 6.90. The predicted molar refractivity (Wildman–Crippen MR) is 98.1 cm³/mol. The number of phenols is 1. The molecule has 0 bridgehead atoms. The van der Waals surface area contributed by atoms with Crippen LogP contribution in [0.2, 0.25) is 0 Å². The minimum absolute atomic E-state index is 0.108. The molecule has 1 amide bonds. The topological polar surface area (TPSA) is 91.9 Å². The standard InChI is InChI=1S/C18H13BrN2O4/c1-10-8-16(23)25-17-13(10)6-7-15(22)14(17)9-20-21-18(24)11-2-4-12(19)5-3-11/h2-9,22H,1H3,(H,21,24)/b20-9-. The minimum atomic E-state index is -0.524. The van der Waals surface area contributed by atoms with Gasteiger partial charge in [0, 0.05) is 21.5 Å². The van der Waals surface area contributed by atoms with Crippen LogP contribution in [0.15, 0.2) is 61.3 Å². The van der Waals surface area contributed by atoms with Crippen molar-refractivity contribution in [3.05, 3.63) is 74.0 Å². The lowest BCUT2D eigenvalue weighted by atomic mass is 10.1. The van der Waals surface area contributed by atoms with Gasteiger partial charge in [0.25, 0.3) is 5.91 Å². The summed E-state index contributed by atoms with van der Waals surface area (Å²) in [6.07, 6.45) is 1.25. The van der Waals surface area contributed by atoms with Crippen LogP contribution in [0.4, 0.5) is 0 Å². The van der Waals surface area contributed by atoms with Gasteiger partial charge in [0.1, 0.15) is 5.75 Å². The Morgan fingerprint density at radius 3 is 2.68 bits per heavy atom. The number of aromatic hydroxyl groups is 1. The van der Waals surface area contributed by atoms with E-state index >= 15 is 0 Å². The molecule has 0 spiro atoms. The number of nitrogens with one attached hydrogen (secondary N) is 1. The molecule has 0 radical (unpaired) electrons. The van der Waals surface area contributed by atoms with E-state index in [0.717, 1.165) is 10.0 Å². The van der Waals surface area contributed by atoms with E-state index in [0.29, 0.717) is 10.9 Å². The van der Waals surface area contributed by atoms with E-state index in [4.69, 9.17) is 4.42 Å². The molecule has 7 heteroatoms. The maximum atomic E-state index is 12.0. The quantitative estimate of drug-likeness (QED) is 0.400. The molecule has 0 fully saturated rings. The fourth-order valence-electron chi connectivity index (χ4n) is 2.34. The summed E-state index contributed by atoms with van der Waals surface area (Å²) in [4.78, 5) is 23.6. The molecule has 0 saturated heterocycles. The number of aryl methyl sites for hydroxylation is 1. The molecule has 2 aromatic carbocycles. The van der Waals surface area contributed by atoms with Gasteiger partial charge in [-0.25, -0.2) is 10.2 Å². The summed E-state index contributed by atoms with van der Waals surface area (Å²) in [5, 5.41) is 14.6. The Kier molecular flexibility index (Phi) is 4.67. The number of hydrogen-bond donors (Lipinski definition) is 2. The Hall–Kier alpha value is -2.93. The first-order chi connectivity index (χ1) is 12.0. The second-order valence-electron chi connectivity index (χ2n) is 5.33. The number of phenolic OH excluding ortho intramolecular Hbond substituents is 1. The Morgan fingerprint density at radius 2 is 1.96 bits per heavy atom. The fourth-order valence-corrected chi connectivity index (χ4v) is 2.60. The lowest BCUT2D eigenvalue weighted by molar-refractivity contribution is 0.0955. The van der Waals surface area contributed by atoms with Crippen molar-refractivity contribution in [2.24, 2.45) is 5.10 Å². The molecule has 1 heterocycles. The number of hydrazone groups is 1. The normalized spacial score (nSPS) is 11.1. The number of benzene rings is 2. The van der Waals surface area contributed by atoms with Crippen LogP contribution < -0.4 is 11.1 Å². The van der Waals surface area contributed by atoms with Gasteiger partial charge in [-0.15, -0.1) is 0 Å². The van der Waals surface area contributed by atoms with Crippen LogP contribution in [0, 0.1) is 6.92 Å². The van der Waals surface area contributed by atoms with Gasteiger partial charge in [-0.2, -0.15) is 5.10 Å². The number of nitrogens with zero attached hydrogens (tertiary/aromatic N) is 1. The molecule has 0 aliphatic carbocycles. The van der Waals surface area contributed by atoms with Gasteiger partial charge in [0.2, 0.25) is 0 Å². The lowest BCUT2D eigenvalue weighted by Crippen LogP contribution is -2.17. The van der Waals surface area contributed by atoms with Crippen LogP contribution in [0.25, 0.3) is 11.0 Å². The molecular weight excluding hydrogens is 388 g/mol. The third-order valence-corrected chi connectivity index (χ3v) is 4.13. The van der Waals surface area contributed by atoms with E-state index in [1.165, 1.54) is 18.3 Å². The van der Waals surface area contributed by atoms with Crippen molar-refractivity contribution in [2.45, 2.75) is 6.92 Å². The minimum Gasteiger partial charge on any atom is -0.507 e. The van der Waals surface area contributed by atoms with Gasteiger partial charge in [-0.1, -0.05) is 15.9 Å². The van der Waals surface area contributed by atoms with Gasteiger partial charge in [-0.3, -0.25) is 4.79 Å². The van der Waals surface area contributed by atoms with Crippen LogP contribution in [-0.2, 0) is 0 Å². The Bertz CT molecular complexity index is 1040. The van der Waals surface area contributed by atoms with E-state index in [1.807, 2.05) is 0 Å². The number of hydrogen-bond acceptors (Lipinski definition) is 5. The van der Waals surface area contributed by atoms with Gasteiger partial charge in [-0.05, 0) is 48.9 Å². The van der Waals surface area contributed by atoms with Crippen LogP contribution in [0.1, 0.15) is 21.5 Å². The number of carbonyl (C=O) groups is 1. The van der Waals surface area contributed by atoms with Crippen molar-refractivity contribution in [3.8, 4) is 5.75 Å². The third-order valence-electron chi connectivity index (χ3n) is 3.60. The first kappa shape index (κ1) is 16.9. The van der Waals surface area contributed by atoms with Crippen molar-refractivity contribution >= 4 is 39.0 Å². The summed E-state index contributed by atoms with van der Waals surface area (Å²) in [6, 6.07) is 11.3. The van der Waals surface area contributed by atoms with Gasteiger partial charge < -0.3 is 9.52 Å². The Balaban J connectivity index is 1.91. The van der Waals surface area contributed by atoms with Gasteiger partial charge in [0.05, 0.1) is 11.8 Å². The summed E-state index contributed by atoms with van der Waals surface area (Å²) in [6.45, 7) is 1.77. The van der Waals surface area contributed by atoms with Crippen LogP contribution in [0.5, 0.6) is 5.75 Å². The molecular formula is C18H13BrN2O4. The largest absolute Gasteiger partial charge is 0.507 e. The zero-order valence-corrected chi connectivity index (χ0v) is 14.7. The predicted octanol–water partition coefficient (Wildman–Crippen LogP) is 3.33.